The van der Waals surface area contributed by atoms with Crippen molar-refractivity contribution in [1.82, 2.24) is 19.5 Å². The molecule has 262 valence electrons. The van der Waals surface area contributed by atoms with Crippen LogP contribution in [0.5, 0.6) is 0 Å². The van der Waals surface area contributed by atoms with Crippen LogP contribution >= 0.6 is 11.3 Å². The summed E-state index contributed by atoms with van der Waals surface area (Å²) in [6.45, 7) is 0. The summed E-state index contributed by atoms with van der Waals surface area (Å²) in [5, 5.41) is 4.84. The van der Waals surface area contributed by atoms with Crippen LogP contribution in [0.2, 0.25) is 0 Å². The Morgan fingerprint density at radius 2 is 0.893 bits per heavy atom. The Morgan fingerprint density at radius 1 is 0.339 bits per heavy atom. The van der Waals surface area contributed by atoms with E-state index in [0.717, 1.165) is 49.2 Å². The number of hydrogen-bond acceptors (Lipinski definition) is 4. The predicted octanol–water partition coefficient (Wildman–Crippen LogP) is 13.7. The van der Waals surface area contributed by atoms with Gasteiger partial charge in [0.15, 0.2) is 17.5 Å². The molecule has 11 rings (SSSR count). The van der Waals surface area contributed by atoms with Gasteiger partial charge in [-0.2, -0.15) is 0 Å². The number of hydrogen-bond donors (Lipinski definition) is 0. The molecule has 0 fully saturated rings. The molecule has 8 aromatic carbocycles. The normalized spacial score (nSPS) is 11.6. The zero-order valence-electron chi connectivity index (χ0n) is 30.2. The van der Waals surface area contributed by atoms with Gasteiger partial charge in [0.05, 0.1) is 16.7 Å². The molecular formula is C51H32N4S. The molecular weight excluding hydrogens is 701 g/mol. The van der Waals surface area contributed by atoms with Crippen LogP contribution in [-0.4, -0.2) is 19.5 Å². The molecule has 4 nitrogen and oxygen atoms in total. The fraction of sp³-hybridized carbons (Fsp3) is 0. The van der Waals surface area contributed by atoms with Crippen LogP contribution in [0.4, 0.5) is 0 Å². The van der Waals surface area contributed by atoms with Crippen LogP contribution in [0.1, 0.15) is 0 Å². The lowest BCUT2D eigenvalue weighted by Crippen LogP contribution is -2.04. The van der Waals surface area contributed by atoms with Crippen LogP contribution in [-0.2, 0) is 0 Å². The molecule has 11 aromatic rings. The summed E-state index contributed by atoms with van der Waals surface area (Å²) in [6, 6.07) is 68.5. The van der Waals surface area contributed by atoms with Crippen molar-refractivity contribution in [3.8, 4) is 62.1 Å². The maximum absolute atomic E-state index is 5.38. The molecule has 0 amide bonds. The molecule has 5 heteroatoms. The highest BCUT2D eigenvalue weighted by atomic mass is 32.1. The second-order valence-electron chi connectivity index (χ2n) is 14.0. The molecule has 0 aliphatic rings. The molecule has 0 bridgehead atoms. The van der Waals surface area contributed by atoms with Crippen LogP contribution in [0.3, 0.4) is 0 Å². The van der Waals surface area contributed by atoms with E-state index in [1.807, 2.05) is 6.07 Å². The highest BCUT2D eigenvalue weighted by Crippen LogP contribution is 2.42. The van der Waals surface area contributed by atoms with Gasteiger partial charge in [-0.05, 0) is 64.7 Å². The summed E-state index contributed by atoms with van der Waals surface area (Å²) in [4.78, 5) is 16.1. The van der Waals surface area contributed by atoms with Gasteiger partial charge in [-0.15, -0.1) is 11.3 Å². The lowest BCUT2D eigenvalue weighted by Gasteiger charge is -2.15. The standard InChI is InChI=1S/C51H32N4S/c1-3-16-33(17-4-1)35-30-31-46-43(32-35)37-21-9-12-27-44(37)55(46)45-28-13-10-24-41(45)50-52-49(40-23-8-7-20-36(40)34-18-5-2-6-19-34)53-51(54-50)42-26-15-25-39-38-22-11-14-29-47(38)56-48(39)42/h1-32H. The minimum atomic E-state index is 0.619. The van der Waals surface area contributed by atoms with E-state index in [4.69, 9.17) is 15.0 Å². The van der Waals surface area contributed by atoms with Crippen molar-refractivity contribution in [2.24, 2.45) is 0 Å². The van der Waals surface area contributed by atoms with Crippen molar-refractivity contribution in [2.75, 3.05) is 0 Å². The number of benzene rings is 8. The van der Waals surface area contributed by atoms with Gasteiger partial charge in [0.1, 0.15) is 0 Å². The fourth-order valence-electron chi connectivity index (χ4n) is 8.11. The first-order chi connectivity index (χ1) is 27.8. The van der Waals surface area contributed by atoms with E-state index in [1.165, 1.54) is 37.4 Å². The molecule has 0 atom stereocenters. The molecule has 0 spiro atoms. The van der Waals surface area contributed by atoms with Crippen LogP contribution in [0.25, 0.3) is 104 Å². The monoisotopic (exact) mass is 732 g/mol. The maximum Gasteiger partial charge on any atom is 0.166 e. The second-order valence-corrected chi connectivity index (χ2v) is 15.0. The average Bonchev–Trinajstić information content (AvgIpc) is 3.82. The number of nitrogens with zero attached hydrogens (tertiary/aromatic N) is 4. The van der Waals surface area contributed by atoms with Crippen molar-refractivity contribution in [2.45, 2.75) is 0 Å². The van der Waals surface area contributed by atoms with Crippen molar-refractivity contribution in [3.63, 3.8) is 0 Å². The molecule has 0 unspecified atom stereocenters. The summed E-state index contributed by atoms with van der Waals surface area (Å²) < 4.78 is 4.77. The molecule has 0 saturated carbocycles. The third kappa shape index (κ3) is 5.32. The largest absolute Gasteiger partial charge is 0.309 e. The fourth-order valence-corrected chi connectivity index (χ4v) is 9.32. The van der Waals surface area contributed by atoms with Crippen molar-refractivity contribution in [3.05, 3.63) is 194 Å². The summed E-state index contributed by atoms with van der Waals surface area (Å²) in [5.74, 6) is 1.90. The third-order valence-corrected chi connectivity index (χ3v) is 11.9. The first-order valence-corrected chi connectivity index (χ1v) is 19.6. The zero-order valence-corrected chi connectivity index (χ0v) is 31.0. The van der Waals surface area contributed by atoms with E-state index in [1.54, 1.807) is 11.3 Å². The second kappa shape index (κ2) is 13.3. The van der Waals surface area contributed by atoms with E-state index in [-0.39, 0.29) is 0 Å². The molecule has 0 radical (unpaired) electrons. The Balaban J connectivity index is 1.17. The number of thiophene rings is 1. The van der Waals surface area contributed by atoms with Crippen LogP contribution in [0, 0.1) is 0 Å². The first-order valence-electron chi connectivity index (χ1n) is 18.8. The highest BCUT2D eigenvalue weighted by molar-refractivity contribution is 7.26. The molecule has 0 saturated heterocycles. The number of para-hydroxylation sites is 2. The first kappa shape index (κ1) is 32.2. The van der Waals surface area contributed by atoms with E-state index in [2.05, 4.69) is 193 Å². The Kier molecular flexibility index (Phi) is 7.64. The number of rotatable bonds is 6. The average molecular weight is 733 g/mol. The summed E-state index contributed by atoms with van der Waals surface area (Å²) in [5.41, 5.74) is 10.7. The van der Waals surface area contributed by atoms with Gasteiger partial charge in [-0.25, -0.2) is 15.0 Å². The van der Waals surface area contributed by atoms with Crippen molar-refractivity contribution >= 4 is 53.3 Å². The molecule has 3 aromatic heterocycles. The van der Waals surface area contributed by atoms with Gasteiger partial charge in [-0.3, -0.25) is 0 Å². The van der Waals surface area contributed by atoms with Crippen molar-refractivity contribution < 1.29 is 0 Å². The quantitative estimate of drug-likeness (QED) is 0.171. The van der Waals surface area contributed by atoms with Crippen LogP contribution in [0.15, 0.2) is 194 Å². The summed E-state index contributed by atoms with van der Waals surface area (Å²) in [6.07, 6.45) is 0. The predicted molar refractivity (Wildman–Crippen MR) is 234 cm³/mol. The molecule has 0 aliphatic heterocycles. The Hall–Kier alpha value is -7.21. The van der Waals surface area contributed by atoms with Gasteiger partial charge in [0, 0.05) is 47.6 Å². The highest BCUT2D eigenvalue weighted by Gasteiger charge is 2.22. The van der Waals surface area contributed by atoms with Gasteiger partial charge < -0.3 is 4.57 Å². The minimum Gasteiger partial charge on any atom is -0.309 e. The Bertz CT molecular complexity index is 3250. The van der Waals surface area contributed by atoms with E-state index in [0.29, 0.717) is 17.5 Å². The van der Waals surface area contributed by atoms with Crippen LogP contribution < -0.4 is 0 Å². The Labute approximate surface area is 327 Å². The molecule has 0 aliphatic carbocycles. The van der Waals surface area contributed by atoms with E-state index >= 15 is 0 Å². The molecule has 3 heterocycles. The van der Waals surface area contributed by atoms with E-state index in [9.17, 15) is 0 Å². The third-order valence-electron chi connectivity index (χ3n) is 10.7. The lowest BCUT2D eigenvalue weighted by molar-refractivity contribution is 1.07. The minimum absolute atomic E-state index is 0.619. The summed E-state index contributed by atoms with van der Waals surface area (Å²) in [7, 11) is 0. The molecule has 56 heavy (non-hydrogen) atoms. The van der Waals surface area contributed by atoms with Gasteiger partial charge in [0.2, 0.25) is 0 Å². The smallest absolute Gasteiger partial charge is 0.166 e. The topological polar surface area (TPSA) is 43.6 Å². The summed E-state index contributed by atoms with van der Waals surface area (Å²) >= 11 is 1.79. The molecule has 0 N–H and O–H groups in total. The van der Waals surface area contributed by atoms with Gasteiger partial charge in [-0.1, -0.05) is 152 Å². The SMILES string of the molecule is c1ccc(-c2ccc3c(c2)c2ccccc2n3-c2ccccc2-c2nc(-c3ccccc3-c3ccccc3)nc(-c3cccc4c3sc3ccccc34)n2)cc1. The van der Waals surface area contributed by atoms with Crippen molar-refractivity contribution in [1.29, 1.82) is 0 Å². The lowest BCUT2D eigenvalue weighted by atomic mass is 9.99. The Morgan fingerprint density at radius 3 is 1.70 bits per heavy atom. The van der Waals surface area contributed by atoms with E-state index < -0.39 is 0 Å². The van der Waals surface area contributed by atoms with Gasteiger partial charge in [0.25, 0.3) is 0 Å². The number of aromatic nitrogens is 4. The zero-order chi connectivity index (χ0) is 37.0. The maximum atomic E-state index is 5.38. The van der Waals surface area contributed by atoms with Gasteiger partial charge >= 0.3 is 0 Å². The number of fused-ring (bicyclic) bond motifs is 6.